The summed E-state index contributed by atoms with van der Waals surface area (Å²) < 4.78 is 44.5. The number of alkyl halides is 3. The van der Waals surface area contributed by atoms with Gasteiger partial charge in [0.15, 0.2) is 0 Å². The highest BCUT2D eigenvalue weighted by molar-refractivity contribution is 5.88. The first-order chi connectivity index (χ1) is 11.9. The molecule has 6 heteroatoms. The number of amides is 1. The maximum absolute atomic E-state index is 13.1. The number of carbonyl (C=O) groups excluding carboxylic acids is 1. The van der Waals surface area contributed by atoms with Crippen molar-refractivity contribution in [3.05, 3.63) is 35.4 Å². The van der Waals surface area contributed by atoms with Crippen LogP contribution in [0.2, 0.25) is 0 Å². The molecule has 1 aromatic carbocycles. The molecule has 1 heterocycles. The van der Waals surface area contributed by atoms with E-state index in [9.17, 15) is 18.0 Å². The van der Waals surface area contributed by atoms with Crippen molar-refractivity contribution in [2.24, 2.45) is 0 Å². The predicted molar refractivity (Wildman–Crippen MR) is 90.3 cm³/mol. The van der Waals surface area contributed by atoms with E-state index in [0.29, 0.717) is 38.2 Å². The minimum atomic E-state index is -4.42. The molecule has 140 valence electrons. The molecule has 2 rings (SSSR count). The Morgan fingerprint density at radius 2 is 1.92 bits per heavy atom. The van der Waals surface area contributed by atoms with Gasteiger partial charge in [0, 0.05) is 19.8 Å². The number of ether oxygens (including phenoxy) is 1. The van der Waals surface area contributed by atoms with Crippen LogP contribution in [-0.4, -0.2) is 25.7 Å². The van der Waals surface area contributed by atoms with E-state index >= 15 is 0 Å². The van der Waals surface area contributed by atoms with Crippen LogP contribution in [0.3, 0.4) is 0 Å². The maximum atomic E-state index is 13.1. The maximum Gasteiger partial charge on any atom is 0.416 e. The Labute approximate surface area is 146 Å². The largest absolute Gasteiger partial charge is 0.416 e. The van der Waals surface area contributed by atoms with E-state index in [-0.39, 0.29) is 5.91 Å². The van der Waals surface area contributed by atoms with Gasteiger partial charge < -0.3 is 10.1 Å². The molecule has 1 amide bonds. The van der Waals surface area contributed by atoms with E-state index < -0.39 is 17.2 Å². The summed E-state index contributed by atoms with van der Waals surface area (Å²) >= 11 is 0. The first-order valence-corrected chi connectivity index (χ1v) is 8.94. The standard InChI is InChI=1S/C19H26F3NO2/c1-2-3-4-5-11-23-17(24)18(9-12-25-13-10-18)15-7-6-8-16(14-15)19(20,21)22/h6-8,14H,2-5,9-13H2,1H3,(H,23,24). The van der Waals surface area contributed by atoms with Crippen LogP contribution >= 0.6 is 0 Å². The molecule has 0 unspecified atom stereocenters. The highest BCUT2D eigenvalue weighted by Gasteiger charge is 2.42. The normalized spacial score (nSPS) is 17.3. The van der Waals surface area contributed by atoms with Crippen LogP contribution in [0, 0.1) is 0 Å². The number of halogens is 3. The molecule has 1 N–H and O–H groups in total. The van der Waals surface area contributed by atoms with E-state index in [1.165, 1.54) is 6.07 Å². The minimum absolute atomic E-state index is 0.188. The molecule has 1 saturated heterocycles. The molecule has 1 aromatic rings. The summed E-state index contributed by atoms with van der Waals surface area (Å²) in [5, 5.41) is 2.93. The highest BCUT2D eigenvalue weighted by atomic mass is 19.4. The zero-order valence-corrected chi connectivity index (χ0v) is 14.6. The average Bonchev–Trinajstić information content (AvgIpc) is 2.61. The Morgan fingerprint density at radius 3 is 2.56 bits per heavy atom. The second kappa shape index (κ2) is 8.70. The van der Waals surface area contributed by atoms with Gasteiger partial charge in [-0.15, -0.1) is 0 Å². The van der Waals surface area contributed by atoms with E-state index in [1.807, 2.05) is 0 Å². The first-order valence-electron chi connectivity index (χ1n) is 8.94. The molecule has 1 fully saturated rings. The summed E-state index contributed by atoms with van der Waals surface area (Å²) in [5.74, 6) is -0.188. The highest BCUT2D eigenvalue weighted by Crippen LogP contribution is 2.38. The Kier molecular flexibility index (Phi) is 6.87. The Morgan fingerprint density at radius 1 is 1.20 bits per heavy atom. The number of benzene rings is 1. The summed E-state index contributed by atoms with van der Waals surface area (Å²) in [6.45, 7) is 3.42. The molecule has 3 nitrogen and oxygen atoms in total. The van der Waals surface area contributed by atoms with Crippen molar-refractivity contribution < 1.29 is 22.7 Å². The predicted octanol–water partition coefficient (Wildman–Crippen LogP) is 4.45. The van der Waals surface area contributed by atoms with Crippen LogP contribution in [0.25, 0.3) is 0 Å². The molecule has 1 aliphatic heterocycles. The van der Waals surface area contributed by atoms with Gasteiger partial charge in [-0.2, -0.15) is 13.2 Å². The fraction of sp³-hybridized carbons (Fsp3) is 0.632. The zero-order valence-electron chi connectivity index (χ0n) is 14.6. The minimum Gasteiger partial charge on any atom is -0.381 e. The van der Waals surface area contributed by atoms with Crippen LogP contribution in [0.1, 0.15) is 56.6 Å². The molecule has 0 spiro atoms. The molecular formula is C19H26F3NO2. The van der Waals surface area contributed by atoms with Gasteiger partial charge in [0.25, 0.3) is 0 Å². The number of carbonyl (C=O) groups is 1. The van der Waals surface area contributed by atoms with Crippen molar-refractivity contribution in [1.82, 2.24) is 5.32 Å². The molecule has 0 radical (unpaired) electrons. The number of rotatable bonds is 7. The molecule has 0 bridgehead atoms. The number of unbranched alkanes of at least 4 members (excludes halogenated alkanes) is 3. The molecule has 25 heavy (non-hydrogen) atoms. The van der Waals surface area contributed by atoms with Gasteiger partial charge in [-0.1, -0.05) is 44.4 Å². The summed E-state index contributed by atoms with van der Waals surface area (Å²) in [6.07, 6.45) is 0.524. The summed E-state index contributed by atoms with van der Waals surface area (Å²) in [7, 11) is 0. The number of hydrogen-bond donors (Lipinski definition) is 1. The van der Waals surface area contributed by atoms with Crippen molar-refractivity contribution >= 4 is 5.91 Å². The van der Waals surface area contributed by atoms with E-state index in [2.05, 4.69) is 12.2 Å². The van der Waals surface area contributed by atoms with Gasteiger partial charge in [-0.25, -0.2) is 0 Å². The van der Waals surface area contributed by atoms with Gasteiger partial charge in [-0.05, 0) is 30.9 Å². The monoisotopic (exact) mass is 357 g/mol. The van der Waals surface area contributed by atoms with Gasteiger partial charge in [0.05, 0.1) is 11.0 Å². The fourth-order valence-electron chi connectivity index (χ4n) is 3.28. The van der Waals surface area contributed by atoms with Crippen LogP contribution in [-0.2, 0) is 21.1 Å². The quantitative estimate of drug-likeness (QED) is 0.732. The summed E-state index contributed by atoms with van der Waals surface area (Å²) in [6, 6.07) is 5.16. The SMILES string of the molecule is CCCCCCNC(=O)C1(c2cccc(C(F)(F)F)c2)CCOCC1. The third-order valence-corrected chi connectivity index (χ3v) is 4.84. The Bertz CT molecular complexity index is 566. The molecular weight excluding hydrogens is 331 g/mol. The van der Waals surface area contributed by atoms with E-state index in [4.69, 9.17) is 4.74 Å². The fourth-order valence-corrected chi connectivity index (χ4v) is 3.28. The molecule has 0 aromatic heterocycles. The van der Waals surface area contributed by atoms with E-state index in [0.717, 1.165) is 37.8 Å². The van der Waals surface area contributed by atoms with Gasteiger partial charge in [-0.3, -0.25) is 4.79 Å². The zero-order chi connectivity index (χ0) is 18.3. The third kappa shape index (κ3) is 4.97. The summed E-state index contributed by atoms with van der Waals surface area (Å²) in [5.41, 5.74) is -1.23. The second-order valence-electron chi connectivity index (χ2n) is 6.59. The van der Waals surface area contributed by atoms with Crippen molar-refractivity contribution in [2.75, 3.05) is 19.8 Å². The Hall–Kier alpha value is -1.56. The van der Waals surface area contributed by atoms with Crippen LogP contribution in [0.5, 0.6) is 0 Å². The van der Waals surface area contributed by atoms with E-state index in [1.54, 1.807) is 6.07 Å². The van der Waals surface area contributed by atoms with Crippen LogP contribution in [0.15, 0.2) is 24.3 Å². The van der Waals surface area contributed by atoms with Crippen molar-refractivity contribution in [2.45, 2.75) is 57.0 Å². The lowest BCUT2D eigenvalue weighted by Gasteiger charge is -2.36. The summed E-state index contributed by atoms with van der Waals surface area (Å²) in [4.78, 5) is 12.9. The van der Waals surface area contributed by atoms with Crippen LogP contribution in [0.4, 0.5) is 13.2 Å². The molecule has 0 atom stereocenters. The van der Waals surface area contributed by atoms with Crippen molar-refractivity contribution in [1.29, 1.82) is 0 Å². The lowest BCUT2D eigenvalue weighted by molar-refractivity contribution is -0.138. The van der Waals surface area contributed by atoms with Crippen molar-refractivity contribution in [3.8, 4) is 0 Å². The molecule has 0 aliphatic carbocycles. The lowest BCUT2D eigenvalue weighted by atomic mass is 9.73. The number of hydrogen-bond acceptors (Lipinski definition) is 2. The average molecular weight is 357 g/mol. The number of nitrogens with one attached hydrogen (secondary N) is 1. The smallest absolute Gasteiger partial charge is 0.381 e. The Balaban J connectivity index is 2.18. The van der Waals surface area contributed by atoms with Gasteiger partial charge in [0.1, 0.15) is 0 Å². The molecule has 1 aliphatic rings. The molecule has 0 saturated carbocycles. The lowest BCUT2D eigenvalue weighted by Crippen LogP contribution is -2.48. The van der Waals surface area contributed by atoms with Gasteiger partial charge >= 0.3 is 6.18 Å². The first kappa shape index (κ1) is 19.8. The van der Waals surface area contributed by atoms with Crippen LogP contribution < -0.4 is 5.32 Å². The van der Waals surface area contributed by atoms with Crippen molar-refractivity contribution in [3.63, 3.8) is 0 Å². The second-order valence-corrected chi connectivity index (χ2v) is 6.59. The topological polar surface area (TPSA) is 38.3 Å². The third-order valence-electron chi connectivity index (χ3n) is 4.84. The van der Waals surface area contributed by atoms with Gasteiger partial charge in [0.2, 0.25) is 5.91 Å².